The third kappa shape index (κ3) is 13.0. The Morgan fingerprint density at radius 2 is 1.85 bits per heavy atom. The minimum Gasteiger partial charge on any atom is -0.462 e. The van der Waals surface area contributed by atoms with Gasteiger partial charge in [0, 0.05) is 19.3 Å². The fourth-order valence-electron chi connectivity index (χ4n) is 4.56. The smallest absolute Gasteiger partial charge is 0.338 e. The number of carbonyl (C=O) groups excluding carboxylic acids is 2. The molecule has 0 amide bonds. The maximum atomic E-state index is 13.1. The number of rotatable bonds is 10. The molecule has 41 heavy (non-hydrogen) atoms. The van der Waals surface area contributed by atoms with Gasteiger partial charge in [-0.05, 0) is 62.6 Å². The van der Waals surface area contributed by atoms with E-state index < -0.39 is 24.3 Å². The number of carbonyl (C=O) groups is 2. The predicted octanol–water partition coefficient (Wildman–Crippen LogP) is 5.94. The fraction of sp³-hybridized carbons (Fsp3) is 0.529. The molecule has 6 atom stereocenters. The van der Waals surface area contributed by atoms with Crippen LogP contribution >= 0.6 is 0 Å². The summed E-state index contributed by atoms with van der Waals surface area (Å²) in [6.07, 6.45) is 12.8. The van der Waals surface area contributed by atoms with Crippen molar-refractivity contribution in [2.45, 2.75) is 104 Å². The molecule has 7 nitrogen and oxygen atoms in total. The minimum absolute atomic E-state index is 0.0947. The van der Waals surface area contributed by atoms with E-state index in [0.717, 1.165) is 17.6 Å². The number of aliphatic hydroxyl groups is 3. The summed E-state index contributed by atoms with van der Waals surface area (Å²) in [5.41, 5.74) is 2.05. The normalized spacial score (nSPS) is 24.4. The number of esters is 2. The Balaban J connectivity index is 2.01. The van der Waals surface area contributed by atoms with Crippen molar-refractivity contribution in [2.75, 3.05) is 0 Å². The Morgan fingerprint density at radius 3 is 2.56 bits per heavy atom. The van der Waals surface area contributed by atoms with Gasteiger partial charge in [-0.25, -0.2) is 4.79 Å². The number of cyclic esters (lactones) is 1. The highest BCUT2D eigenvalue weighted by molar-refractivity contribution is 5.90. The summed E-state index contributed by atoms with van der Waals surface area (Å²) in [5, 5.41) is 29.3. The van der Waals surface area contributed by atoms with E-state index in [-0.39, 0.29) is 36.4 Å². The molecule has 1 aliphatic rings. The molecule has 1 aromatic carbocycles. The second kappa shape index (κ2) is 17.7. The van der Waals surface area contributed by atoms with Gasteiger partial charge in [-0.2, -0.15) is 0 Å². The average molecular weight is 569 g/mol. The van der Waals surface area contributed by atoms with Crippen LogP contribution in [0.3, 0.4) is 0 Å². The highest BCUT2D eigenvalue weighted by Crippen LogP contribution is 2.23. The highest BCUT2D eigenvalue weighted by atomic mass is 16.5. The van der Waals surface area contributed by atoms with Gasteiger partial charge in [0.15, 0.2) is 0 Å². The van der Waals surface area contributed by atoms with Crippen LogP contribution in [-0.4, -0.2) is 57.8 Å². The van der Waals surface area contributed by atoms with Crippen LogP contribution in [0.5, 0.6) is 0 Å². The van der Waals surface area contributed by atoms with Crippen LogP contribution in [0.4, 0.5) is 0 Å². The van der Waals surface area contributed by atoms with E-state index in [0.29, 0.717) is 31.2 Å². The lowest BCUT2D eigenvalue weighted by Crippen LogP contribution is -2.27. The Morgan fingerprint density at radius 1 is 1.12 bits per heavy atom. The van der Waals surface area contributed by atoms with Crippen molar-refractivity contribution in [3.05, 3.63) is 77.4 Å². The average Bonchev–Trinajstić information content (AvgIpc) is 2.91. The van der Waals surface area contributed by atoms with E-state index in [1.165, 1.54) is 0 Å². The molecule has 1 aliphatic heterocycles. The first-order valence-corrected chi connectivity index (χ1v) is 14.7. The van der Waals surface area contributed by atoms with Crippen molar-refractivity contribution in [2.24, 2.45) is 11.8 Å². The van der Waals surface area contributed by atoms with Gasteiger partial charge in [-0.3, -0.25) is 4.79 Å². The molecule has 2 rings (SSSR count). The van der Waals surface area contributed by atoms with Crippen LogP contribution in [0, 0.1) is 11.8 Å². The Kier molecular flexibility index (Phi) is 14.8. The molecule has 7 heteroatoms. The monoisotopic (exact) mass is 568 g/mol. The molecular formula is C34H48O7. The molecule has 0 spiro atoms. The first-order chi connectivity index (χ1) is 19.5. The maximum absolute atomic E-state index is 13.1. The van der Waals surface area contributed by atoms with E-state index in [1.807, 2.05) is 25.1 Å². The van der Waals surface area contributed by atoms with Crippen molar-refractivity contribution in [1.82, 2.24) is 0 Å². The van der Waals surface area contributed by atoms with E-state index in [9.17, 15) is 24.9 Å². The SMILES string of the molecule is CC(/C=C/C=C/c1cccc(C(=O)O[C@H]2CCCC(=O)OC(C(C)C)C/C=C/C[C@@H]2C)c1)=C\[C@H](O)C(O)CC(C)O. The zero-order valence-corrected chi connectivity index (χ0v) is 25.1. The Hall–Kier alpha value is -3.00. The van der Waals surface area contributed by atoms with Crippen LogP contribution in [0.15, 0.2) is 66.3 Å². The molecule has 3 N–H and O–H groups in total. The van der Waals surface area contributed by atoms with Gasteiger partial charge in [0.25, 0.3) is 0 Å². The standard InChI is InChI=1S/C34H48O7/c1-23(2)31-17-9-7-13-25(4)32(18-11-19-33(38)40-31)41-34(39)28-16-10-15-27(22-28)14-8-6-12-24(3)20-29(36)30(37)21-26(5)35/h6-10,12,14-16,20,22-23,25-26,29-32,35-37H,11,13,17-19,21H2,1-5H3/b9-7+,12-6+,14-8+,24-20+/t25-,26?,29-,30?,31?,32-/m0/s1. The highest BCUT2D eigenvalue weighted by Gasteiger charge is 2.24. The molecule has 0 saturated heterocycles. The second-order valence-corrected chi connectivity index (χ2v) is 11.4. The van der Waals surface area contributed by atoms with Crippen molar-refractivity contribution < 1.29 is 34.4 Å². The number of benzene rings is 1. The summed E-state index contributed by atoms with van der Waals surface area (Å²) in [6.45, 7) is 9.55. The third-order valence-corrected chi connectivity index (χ3v) is 7.12. The summed E-state index contributed by atoms with van der Waals surface area (Å²) in [5.74, 6) is -0.241. The summed E-state index contributed by atoms with van der Waals surface area (Å²) >= 11 is 0. The van der Waals surface area contributed by atoms with Crippen LogP contribution in [0.25, 0.3) is 6.08 Å². The molecule has 0 saturated carbocycles. The molecule has 1 heterocycles. The zero-order valence-electron chi connectivity index (χ0n) is 25.1. The largest absolute Gasteiger partial charge is 0.462 e. The molecule has 226 valence electrons. The van der Waals surface area contributed by atoms with Crippen LogP contribution in [0.2, 0.25) is 0 Å². The summed E-state index contributed by atoms with van der Waals surface area (Å²) in [6, 6.07) is 7.19. The van der Waals surface area contributed by atoms with Gasteiger partial charge in [0.1, 0.15) is 12.2 Å². The molecule has 0 radical (unpaired) electrons. The van der Waals surface area contributed by atoms with Crippen molar-refractivity contribution in [3.63, 3.8) is 0 Å². The maximum Gasteiger partial charge on any atom is 0.338 e. The molecular weight excluding hydrogens is 520 g/mol. The molecule has 1 aromatic rings. The first-order valence-electron chi connectivity index (χ1n) is 14.7. The molecule has 0 bridgehead atoms. The van der Waals surface area contributed by atoms with Gasteiger partial charge in [0.05, 0.1) is 23.9 Å². The summed E-state index contributed by atoms with van der Waals surface area (Å²) in [4.78, 5) is 25.4. The van der Waals surface area contributed by atoms with Crippen LogP contribution in [-0.2, 0) is 14.3 Å². The van der Waals surface area contributed by atoms with Crippen molar-refractivity contribution >= 4 is 18.0 Å². The molecule has 3 unspecified atom stereocenters. The number of allylic oxidation sites excluding steroid dienone is 5. The third-order valence-electron chi connectivity index (χ3n) is 7.12. The van der Waals surface area contributed by atoms with Gasteiger partial charge in [0.2, 0.25) is 0 Å². The number of hydrogen-bond donors (Lipinski definition) is 3. The Labute approximate surface area is 245 Å². The lowest BCUT2D eigenvalue weighted by atomic mass is 9.94. The lowest BCUT2D eigenvalue weighted by Gasteiger charge is -2.25. The second-order valence-electron chi connectivity index (χ2n) is 11.4. The van der Waals surface area contributed by atoms with E-state index in [4.69, 9.17) is 9.47 Å². The quantitative estimate of drug-likeness (QED) is 0.182. The summed E-state index contributed by atoms with van der Waals surface area (Å²) < 4.78 is 11.6. The fourth-order valence-corrected chi connectivity index (χ4v) is 4.56. The predicted molar refractivity (Wildman–Crippen MR) is 162 cm³/mol. The Bertz CT molecular complexity index is 1080. The van der Waals surface area contributed by atoms with Gasteiger partial charge in [-0.15, -0.1) is 0 Å². The van der Waals surface area contributed by atoms with Gasteiger partial charge < -0.3 is 24.8 Å². The lowest BCUT2D eigenvalue weighted by molar-refractivity contribution is -0.151. The van der Waals surface area contributed by atoms with Crippen molar-refractivity contribution in [3.8, 4) is 0 Å². The number of aliphatic hydroxyl groups excluding tert-OH is 3. The molecule has 0 aliphatic carbocycles. The number of ether oxygens (including phenoxy) is 2. The zero-order chi connectivity index (χ0) is 30.4. The van der Waals surface area contributed by atoms with E-state index in [2.05, 4.69) is 32.9 Å². The molecule has 0 fully saturated rings. The summed E-state index contributed by atoms with van der Waals surface area (Å²) in [7, 11) is 0. The number of hydrogen-bond acceptors (Lipinski definition) is 7. The topological polar surface area (TPSA) is 113 Å². The van der Waals surface area contributed by atoms with Crippen LogP contribution in [0.1, 0.15) is 89.1 Å². The van der Waals surface area contributed by atoms with Gasteiger partial charge >= 0.3 is 11.9 Å². The van der Waals surface area contributed by atoms with E-state index >= 15 is 0 Å². The first kappa shape index (κ1) is 34.2. The molecule has 0 aromatic heterocycles. The van der Waals surface area contributed by atoms with Gasteiger partial charge in [-0.1, -0.05) is 81.0 Å². The van der Waals surface area contributed by atoms with Crippen molar-refractivity contribution in [1.29, 1.82) is 0 Å². The minimum atomic E-state index is -1.06. The van der Waals surface area contributed by atoms with Crippen LogP contribution < -0.4 is 0 Å². The van der Waals surface area contributed by atoms with E-state index in [1.54, 1.807) is 43.4 Å².